The van der Waals surface area contributed by atoms with Crippen molar-refractivity contribution in [2.45, 2.75) is 45.3 Å². The molecule has 0 radical (unpaired) electrons. The first-order valence-corrected chi connectivity index (χ1v) is 6.17. The Morgan fingerprint density at radius 3 is 3.00 bits per heavy atom. The van der Waals surface area contributed by atoms with Crippen LogP contribution in [0.2, 0.25) is 0 Å². The summed E-state index contributed by atoms with van der Waals surface area (Å²) in [5, 5.41) is 0. The van der Waals surface area contributed by atoms with E-state index in [0.29, 0.717) is 5.56 Å². The molecule has 1 aromatic rings. The summed E-state index contributed by atoms with van der Waals surface area (Å²) in [5.41, 5.74) is 7.43. The fourth-order valence-electron chi connectivity index (χ4n) is 2.16. The third-order valence-corrected chi connectivity index (χ3v) is 3.14. The van der Waals surface area contributed by atoms with Gasteiger partial charge in [0.1, 0.15) is 5.75 Å². The van der Waals surface area contributed by atoms with Gasteiger partial charge in [-0.2, -0.15) is 0 Å². The van der Waals surface area contributed by atoms with E-state index in [9.17, 15) is 4.79 Å². The third-order valence-electron chi connectivity index (χ3n) is 3.14. The molecule has 0 aliphatic carbocycles. The lowest BCUT2D eigenvalue weighted by atomic mass is 10.00. The number of Topliss-reactive ketones (excluding diaryl/α,β-unsaturated/α-hetero) is 1. The van der Waals surface area contributed by atoms with Gasteiger partial charge >= 0.3 is 0 Å². The molecule has 0 fully saturated rings. The van der Waals surface area contributed by atoms with Crippen LogP contribution < -0.4 is 10.5 Å². The number of carbonyl (C=O) groups is 1. The van der Waals surface area contributed by atoms with E-state index in [1.807, 2.05) is 18.2 Å². The van der Waals surface area contributed by atoms with Gasteiger partial charge in [0.05, 0.1) is 12.1 Å². The van der Waals surface area contributed by atoms with E-state index in [1.165, 1.54) is 0 Å². The lowest BCUT2D eigenvalue weighted by molar-refractivity contribution is 0.0968. The topological polar surface area (TPSA) is 52.3 Å². The van der Waals surface area contributed by atoms with E-state index in [0.717, 1.165) is 30.6 Å². The molecule has 2 N–H and O–H groups in total. The summed E-state index contributed by atoms with van der Waals surface area (Å²) in [6.07, 6.45) is 3.39. The van der Waals surface area contributed by atoms with E-state index in [1.54, 1.807) is 6.92 Å². The van der Waals surface area contributed by atoms with Crippen molar-refractivity contribution in [3.05, 3.63) is 29.3 Å². The summed E-state index contributed by atoms with van der Waals surface area (Å²) in [7, 11) is 0. The van der Waals surface area contributed by atoms with Gasteiger partial charge in [-0.15, -0.1) is 0 Å². The zero-order valence-electron chi connectivity index (χ0n) is 10.4. The van der Waals surface area contributed by atoms with E-state index in [-0.39, 0.29) is 11.9 Å². The number of nitrogens with two attached hydrogens (primary N) is 1. The minimum atomic E-state index is -0.446. The Bertz CT molecular complexity index is 426. The predicted octanol–water partition coefficient (Wildman–Crippen LogP) is 2.32. The molecule has 17 heavy (non-hydrogen) atoms. The number of benzene rings is 1. The summed E-state index contributed by atoms with van der Waals surface area (Å²) in [5.74, 6) is 0.904. The fourth-order valence-corrected chi connectivity index (χ4v) is 2.16. The standard InChI is InChI=1S/C14H19NO2/c1-9-4-3-5-11-8-12(14(16)10(2)15)6-7-13(11)17-9/h6-10H,3-5,15H2,1-2H3. The van der Waals surface area contributed by atoms with Crippen molar-refractivity contribution in [3.63, 3.8) is 0 Å². The molecule has 0 amide bonds. The van der Waals surface area contributed by atoms with Gasteiger partial charge in [-0.05, 0) is 56.9 Å². The van der Waals surface area contributed by atoms with Crippen molar-refractivity contribution in [2.75, 3.05) is 0 Å². The maximum Gasteiger partial charge on any atom is 0.179 e. The van der Waals surface area contributed by atoms with E-state index in [2.05, 4.69) is 6.92 Å². The first kappa shape index (κ1) is 12.1. The number of rotatable bonds is 2. The van der Waals surface area contributed by atoms with Gasteiger partial charge in [0.2, 0.25) is 0 Å². The van der Waals surface area contributed by atoms with Crippen molar-refractivity contribution in [2.24, 2.45) is 5.73 Å². The molecule has 0 bridgehead atoms. The molecular weight excluding hydrogens is 214 g/mol. The smallest absolute Gasteiger partial charge is 0.179 e. The van der Waals surface area contributed by atoms with Crippen LogP contribution in [0.3, 0.4) is 0 Å². The van der Waals surface area contributed by atoms with Crippen LogP contribution in [0.25, 0.3) is 0 Å². The van der Waals surface area contributed by atoms with Gasteiger partial charge in [-0.25, -0.2) is 0 Å². The number of ketones is 1. The average molecular weight is 233 g/mol. The average Bonchev–Trinajstić information content (AvgIpc) is 2.47. The van der Waals surface area contributed by atoms with E-state index >= 15 is 0 Å². The second-order valence-electron chi connectivity index (χ2n) is 4.80. The van der Waals surface area contributed by atoms with Crippen molar-refractivity contribution >= 4 is 5.78 Å². The molecule has 3 heteroatoms. The van der Waals surface area contributed by atoms with Gasteiger partial charge in [0.25, 0.3) is 0 Å². The van der Waals surface area contributed by atoms with Crippen LogP contribution in [-0.2, 0) is 6.42 Å². The Morgan fingerprint density at radius 2 is 2.29 bits per heavy atom. The van der Waals surface area contributed by atoms with E-state index in [4.69, 9.17) is 10.5 Å². The normalized spacial score (nSPS) is 21.0. The molecule has 0 saturated carbocycles. The number of hydrogen-bond donors (Lipinski definition) is 1. The second-order valence-corrected chi connectivity index (χ2v) is 4.80. The van der Waals surface area contributed by atoms with Gasteiger partial charge < -0.3 is 10.5 Å². The van der Waals surface area contributed by atoms with Gasteiger partial charge in [-0.3, -0.25) is 4.79 Å². The monoisotopic (exact) mass is 233 g/mol. The first-order valence-electron chi connectivity index (χ1n) is 6.17. The molecule has 0 saturated heterocycles. The highest BCUT2D eigenvalue weighted by Gasteiger charge is 2.17. The Kier molecular flexibility index (Phi) is 3.48. The summed E-state index contributed by atoms with van der Waals surface area (Å²) in [6.45, 7) is 3.79. The van der Waals surface area contributed by atoms with Crippen LogP contribution >= 0.6 is 0 Å². The summed E-state index contributed by atoms with van der Waals surface area (Å²) < 4.78 is 5.81. The summed E-state index contributed by atoms with van der Waals surface area (Å²) in [6, 6.07) is 5.19. The molecule has 1 heterocycles. The molecule has 1 aliphatic heterocycles. The Balaban J connectivity index is 2.30. The number of ether oxygens (including phenoxy) is 1. The highest BCUT2D eigenvalue weighted by Crippen LogP contribution is 2.27. The molecule has 1 aliphatic rings. The zero-order chi connectivity index (χ0) is 12.4. The molecule has 0 spiro atoms. The van der Waals surface area contributed by atoms with Crippen LogP contribution in [-0.4, -0.2) is 17.9 Å². The van der Waals surface area contributed by atoms with Crippen molar-refractivity contribution in [3.8, 4) is 5.75 Å². The molecule has 1 aromatic carbocycles. The Labute approximate surface area is 102 Å². The molecule has 0 aromatic heterocycles. The van der Waals surface area contributed by atoms with Gasteiger partial charge in [0, 0.05) is 5.56 Å². The zero-order valence-corrected chi connectivity index (χ0v) is 10.4. The number of fused-ring (bicyclic) bond motifs is 1. The maximum atomic E-state index is 11.8. The molecular formula is C14H19NO2. The highest BCUT2D eigenvalue weighted by molar-refractivity contribution is 6.00. The number of carbonyl (C=O) groups excluding carboxylic acids is 1. The van der Waals surface area contributed by atoms with Gasteiger partial charge in [-0.1, -0.05) is 0 Å². The van der Waals surface area contributed by atoms with Crippen LogP contribution in [0.5, 0.6) is 5.75 Å². The largest absolute Gasteiger partial charge is 0.490 e. The molecule has 2 rings (SSSR count). The predicted molar refractivity (Wildman–Crippen MR) is 67.4 cm³/mol. The molecule has 2 atom stereocenters. The third kappa shape index (κ3) is 2.67. The summed E-state index contributed by atoms with van der Waals surface area (Å²) >= 11 is 0. The quantitative estimate of drug-likeness (QED) is 0.797. The molecule has 2 unspecified atom stereocenters. The van der Waals surface area contributed by atoms with Crippen LogP contribution in [0.4, 0.5) is 0 Å². The molecule has 3 nitrogen and oxygen atoms in total. The SMILES string of the molecule is CC1CCCc2cc(C(=O)C(C)N)ccc2O1. The minimum absolute atomic E-state index is 0.00917. The Hall–Kier alpha value is -1.35. The minimum Gasteiger partial charge on any atom is -0.490 e. The van der Waals surface area contributed by atoms with Crippen molar-refractivity contribution < 1.29 is 9.53 Å². The Morgan fingerprint density at radius 1 is 1.53 bits per heavy atom. The van der Waals surface area contributed by atoms with E-state index < -0.39 is 6.04 Å². The number of aryl methyl sites for hydroxylation is 1. The first-order chi connectivity index (χ1) is 8.08. The summed E-state index contributed by atoms with van der Waals surface area (Å²) in [4.78, 5) is 11.8. The van der Waals surface area contributed by atoms with Crippen LogP contribution in [0.15, 0.2) is 18.2 Å². The van der Waals surface area contributed by atoms with Crippen LogP contribution in [0, 0.1) is 0 Å². The lowest BCUT2D eigenvalue weighted by Crippen LogP contribution is -2.26. The maximum absolute atomic E-state index is 11.8. The van der Waals surface area contributed by atoms with Crippen molar-refractivity contribution in [1.82, 2.24) is 0 Å². The lowest BCUT2D eigenvalue weighted by Gasteiger charge is -2.13. The van der Waals surface area contributed by atoms with Crippen molar-refractivity contribution in [1.29, 1.82) is 0 Å². The number of hydrogen-bond acceptors (Lipinski definition) is 3. The molecule has 92 valence electrons. The highest BCUT2D eigenvalue weighted by atomic mass is 16.5. The second kappa shape index (κ2) is 4.88. The fraction of sp³-hybridized carbons (Fsp3) is 0.500. The van der Waals surface area contributed by atoms with Crippen LogP contribution in [0.1, 0.15) is 42.6 Å². The van der Waals surface area contributed by atoms with Gasteiger partial charge in [0.15, 0.2) is 5.78 Å².